The summed E-state index contributed by atoms with van der Waals surface area (Å²) in [6, 6.07) is 16.2. The monoisotopic (exact) mass is 433 g/mol. The van der Waals surface area contributed by atoms with Gasteiger partial charge in [0.15, 0.2) is 0 Å². The lowest BCUT2D eigenvalue weighted by Gasteiger charge is -2.26. The molecule has 0 aliphatic carbocycles. The Labute approximate surface area is 179 Å². The van der Waals surface area contributed by atoms with Gasteiger partial charge in [-0.3, -0.25) is 4.18 Å². The molecule has 0 aromatic heterocycles. The summed E-state index contributed by atoms with van der Waals surface area (Å²) < 4.78 is 35.9. The highest BCUT2D eigenvalue weighted by Crippen LogP contribution is 2.26. The highest BCUT2D eigenvalue weighted by atomic mass is 32.2. The van der Waals surface area contributed by atoms with Crippen LogP contribution in [0.5, 0.6) is 0 Å². The second-order valence-corrected chi connectivity index (χ2v) is 10.0. The van der Waals surface area contributed by atoms with E-state index in [0.717, 1.165) is 11.1 Å². The third kappa shape index (κ3) is 7.46. The molecule has 164 valence electrons. The second-order valence-electron chi connectivity index (χ2n) is 8.39. The maximum Gasteiger partial charge on any atom is 0.407 e. The van der Waals surface area contributed by atoms with Crippen molar-refractivity contribution in [2.45, 2.75) is 51.0 Å². The number of alkyl carbamates (subject to hydrolysis) is 1. The smallest absolute Gasteiger partial charge is 0.407 e. The topological polar surface area (TPSA) is 81.7 Å². The van der Waals surface area contributed by atoms with Crippen molar-refractivity contribution in [1.82, 2.24) is 5.32 Å². The Bertz CT molecular complexity index is 918. The Morgan fingerprint density at radius 1 is 1.03 bits per heavy atom. The molecule has 0 bridgehead atoms. The average molecular weight is 434 g/mol. The minimum Gasteiger partial charge on any atom is -0.444 e. The Kier molecular flexibility index (Phi) is 8.03. The van der Waals surface area contributed by atoms with Gasteiger partial charge in [0, 0.05) is 12.5 Å². The van der Waals surface area contributed by atoms with Crippen LogP contribution >= 0.6 is 0 Å². The van der Waals surface area contributed by atoms with E-state index in [4.69, 9.17) is 8.92 Å². The number of amides is 1. The van der Waals surface area contributed by atoms with E-state index in [-0.39, 0.29) is 29.9 Å². The molecule has 6 nitrogen and oxygen atoms in total. The van der Waals surface area contributed by atoms with Crippen LogP contribution in [-0.2, 0) is 19.0 Å². The first kappa shape index (κ1) is 23.9. The molecule has 1 amide bonds. The third-order valence-corrected chi connectivity index (χ3v) is 5.98. The summed E-state index contributed by atoms with van der Waals surface area (Å²) >= 11 is 0. The normalized spacial score (nSPS) is 14.0. The number of ether oxygens (including phenoxy) is 1. The van der Waals surface area contributed by atoms with Crippen LogP contribution in [0.15, 0.2) is 59.5 Å². The van der Waals surface area contributed by atoms with Gasteiger partial charge in [-0.1, -0.05) is 55.0 Å². The number of benzene rings is 2. The van der Waals surface area contributed by atoms with Gasteiger partial charge in [0.05, 0.1) is 11.5 Å². The van der Waals surface area contributed by atoms with E-state index in [0.29, 0.717) is 0 Å². The van der Waals surface area contributed by atoms with Gasteiger partial charge in [-0.05, 0) is 51.3 Å². The molecule has 2 aromatic rings. The predicted octanol–water partition coefficient (Wildman–Crippen LogP) is 4.64. The lowest BCUT2D eigenvalue weighted by Crippen LogP contribution is -2.38. The third-order valence-electron chi connectivity index (χ3n) is 4.69. The maximum absolute atomic E-state index is 12.6. The molecular formula is C23H31NO5S. The maximum atomic E-state index is 12.6. The van der Waals surface area contributed by atoms with Crippen molar-refractivity contribution >= 4 is 16.2 Å². The number of hydrogen-bond donors (Lipinski definition) is 1. The van der Waals surface area contributed by atoms with E-state index in [1.165, 1.54) is 12.1 Å². The fourth-order valence-electron chi connectivity index (χ4n) is 2.89. The first-order valence-electron chi connectivity index (χ1n) is 9.96. The summed E-state index contributed by atoms with van der Waals surface area (Å²) in [5.41, 5.74) is 1.38. The van der Waals surface area contributed by atoms with Crippen LogP contribution in [0.4, 0.5) is 4.79 Å². The molecule has 2 rings (SSSR count). The van der Waals surface area contributed by atoms with Crippen molar-refractivity contribution in [2.24, 2.45) is 5.92 Å². The molecule has 0 saturated carbocycles. The van der Waals surface area contributed by atoms with Crippen LogP contribution in [0, 0.1) is 12.8 Å². The summed E-state index contributed by atoms with van der Waals surface area (Å²) in [7, 11) is -3.90. The number of nitrogens with one attached hydrogen (secondary N) is 1. The van der Waals surface area contributed by atoms with E-state index in [1.807, 2.05) is 44.2 Å². The van der Waals surface area contributed by atoms with E-state index < -0.39 is 21.8 Å². The van der Waals surface area contributed by atoms with Crippen molar-refractivity contribution in [3.63, 3.8) is 0 Å². The molecule has 2 aromatic carbocycles. The molecular weight excluding hydrogens is 402 g/mol. The lowest BCUT2D eigenvalue weighted by molar-refractivity contribution is 0.0512. The zero-order valence-electron chi connectivity index (χ0n) is 18.2. The first-order valence-corrected chi connectivity index (χ1v) is 11.4. The van der Waals surface area contributed by atoms with Crippen molar-refractivity contribution in [3.05, 3.63) is 65.7 Å². The number of carbonyl (C=O) groups excluding carboxylic acids is 1. The lowest BCUT2D eigenvalue weighted by atomic mass is 9.88. The molecule has 0 fully saturated rings. The predicted molar refractivity (Wildman–Crippen MR) is 117 cm³/mol. The summed E-state index contributed by atoms with van der Waals surface area (Å²) in [6.45, 7) is 9.38. The molecule has 0 radical (unpaired) electrons. The zero-order chi connectivity index (χ0) is 22.4. The highest BCUT2D eigenvalue weighted by molar-refractivity contribution is 7.86. The van der Waals surface area contributed by atoms with E-state index >= 15 is 0 Å². The molecule has 2 atom stereocenters. The van der Waals surface area contributed by atoms with Crippen LogP contribution in [-0.4, -0.2) is 33.3 Å². The van der Waals surface area contributed by atoms with Gasteiger partial charge in [0.25, 0.3) is 10.1 Å². The van der Waals surface area contributed by atoms with Crippen molar-refractivity contribution in [2.75, 3.05) is 13.2 Å². The molecule has 1 N–H and O–H groups in total. The molecule has 0 heterocycles. The summed E-state index contributed by atoms with van der Waals surface area (Å²) in [6.07, 6.45) is -0.547. The summed E-state index contributed by atoms with van der Waals surface area (Å²) in [4.78, 5) is 12.2. The Hall–Kier alpha value is -2.38. The van der Waals surface area contributed by atoms with Crippen LogP contribution in [0.3, 0.4) is 0 Å². The fraction of sp³-hybridized carbons (Fsp3) is 0.435. The quantitative estimate of drug-likeness (QED) is 0.613. The summed E-state index contributed by atoms with van der Waals surface area (Å²) in [5, 5.41) is 2.74. The van der Waals surface area contributed by atoms with Gasteiger partial charge >= 0.3 is 6.09 Å². The molecule has 0 aliphatic heterocycles. The molecule has 0 aliphatic rings. The molecule has 0 spiro atoms. The standard InChI is InChI=1S/C23H31NO5S/c1-17-11-13-21(14-12-17)30(26,27)28-16-20(15-24-22(25)29-23(3,4)5)18(2)19-9-7-6-8-10-19/h6-14,18,20H,15-16H2,1-5H3,(H,24,25). The Morgan fingerprint density at radius 2 is 1.63 bits per heavy atom. The number of aryl methyl sites for hydroxylation is 1. The van der Waals surface area contributed by atoms with Gasteiger partial charge in [0.2, 0.25) is 0 Å². The van der Waals surface area contributed by atoms with Crippen LogP contribution in [0.25, 0.3) is 0 Å². The van der Waals surface area contributed by atoms with Gasteiger partial charge < -0.3 is 10.1 Å². The van der Waals surface area contributed by atoms with Gasteiger partial charge in [-0.15, -0.1) is 0 Å². The largest absolute Gasteiger partial charge is 0.444 e. The Balaban J connectivity index is 2.12. The van der Waals surface area contributed by atoms with E-state index in [9.17, 15) is 13.2 Å². The van der Waals surface area contributed by atoms with Crippen LogP contribution < -0.4 is 5.32 Å². The van der Waals surface area contributed by atoms with E-state index in [2.05, 4.69) is 5.32 Å². The SMILES string of the molecule is Cc1ccc(S(=O)(=O)OCC(CNC(=O)OC(C)(C)C)C(C)c2ccccc2)cc1. The number of carbonyl (C=O) groups is 1. The fourth-order valence-corrected chi connectivity index (χ4v) is 3.85. The number of hydrogen-bond acceptors (Lipinski definition) is 5. The minimum absolute atomic E-state index is 0.0469. The van der Waals surface area contributed by atoms with Gasteiger partial charge in [0.1, 0.15) is 5.60 Å². The molecule has 2 unspecified atom stereocenters. The van der Waals surface area contributed by atoms with Crippen LogP contribution in [0.2, 0.25) is 0 Å². The second kappa shape index (κ2) is 10.1. The number of rotatable bonds is 8. The highest BCUT2D eigenvalue weighted by Gasteiger charge is 2.25. The van der Waals surface area contributed by atoms with Gasteiger partial charge in [-0.25, -0.2) is 4.79 Å². The Morgan fingerprint density at radius 3 is 2.20 bits per heavy atom. The molecule has 30 heavy (non-hydrogen) atoms. The van der Waals surface area contributed by atoms with Crippen molar-refractivity contribution in [1.29, 1.82) is 0 Å². The zero-order valence-corrected chi connectivity index (χ0v) is 19.0. The average Bonchev–Trinajstić information content (AvgIpc) is 2.67. The minimum atomic E-state index is -3.90. The van der Waals surface area contributed by atoms with Crippen molar-refractivity contribution in [3.8, 4) is 0 Å². The van der Waals surface area contributed by atoms with E-state index in [1.54, 1.807) is 32.9 Å². The molecule has 7 heteroatoms. The van der Waals surface area contributed by atoms with Gasteiger partial charge in [-0.2, -0.15) is 8.42 Å². The summed E-state index contributed by atoms with van der Waals surface area (Å²) in [5.74, 6) is -0.325. The first-order chi connectivity index (χ1) is 14.0. The van der Waals surface area contributed by atoms with Crippen molar-refractivity contribution < 1.29 is 22.1 Å². The van der Waals surface area contributed by atoms with Crippen LogP contribution in [0.1, 0.15) is 44.7 Å². The molecule has 0 saturated heterocycles.